The molecule has 0 bridgehead atoms. The zero-order valence-corrected chi connectivity index (χ0v) is 12.2. The molecule has 4 nitrogen and oxygen atoms in total. The van der Waals surface area contributed by atoms with Crippen molar-refractivity contribution in [2.75, 3.05) is 18.5 Å². The van der Waals surface area contributed by atoms with Gasteiger partial charge in [-0.1, -0.05) is 12.1 Å². The molecule has 1 aromatic heterocycles. The number of ether oxygens (including phenoxy) is 1. The molecular formula is C15H18N2O2S. The van der Waals surface area contributed by atoms with E-state index in [2.05, 4.69) is 22.1 Å². The highest BCUT2D eigenvalue weighted by Crippen LogP contribution is 2.23. The van der Waals surface area contributed by atoms with E-state index >= 15 is 0 Å². The summed E-state index contributed by atoms with van der Waals surface area (Å²) in [5, 5.41) is 9.76. The maximum Gasteiger partial charge on any atom is 0.319 e. The predicted octanol–water partition coefficient (Wildman–Crippen LogP) is 3.51. The van der Waals surface area contributed by atoms with Crippen LogP contribution in [0.25, 0.3) is 0 Å². The molecule has 20 heavy (non-hydrogen) atoms. The van der Waals surface area contributed by atoms with E-state index in [1.54, 1.807) is 11.3 Å². The Bertz CT molecular complexity index is 541. The number of urea groups is 1. The van der Waals surface area contributed by atoms with Crippen LogP contribution < -0.4 is 15.4 Å². The molecular weight excluding hydrogens is 272 g/mol. The Kier molecular flexibility index (Phi) is 5.43. The van der Waals surface area contributed by atoms with Crippen molar-refractivity contribution in [2.24, 2.45) is 0 Å². The molecule has 0 spiro atoms. The van der Waals surface area contributed by atoms with Crippen LogP contribution in [0.2, 0.25) is 0 Å². The summed E-state index contributed by atoms with van der Waals surface area (Å²) in [6.07, 6.45) is 0.837. The molecule has 2 N–H and O–H groups in total. The summed E-state index contributed by atoms with van der Waals surface area (Å²) in [5.74, 6) is 0.683. The number of hydrogen-bond donors (Lipinski definition) is 2. The molecule has 106 valence electrons. The number of anilines is 1. The Morgan fingerprint density at radius 1 is 1.30 bits per heavy atom. The topological polar surface area (TPSA) is 50.4 Å². The second-order valence-corrected chi connectivity index (χ2v) is 4.97. The number of amides is 2. The van der Waals surface area contributed by atoms with Crippen LogP contribution in [0.1, 0.15) is 12.5 Å². The standard InChI is InChI=1S/C15H18N2O2S/c1-2-19-14-6-4-3-5-13(14)17-15(18)16-9-7-12-8-10-20-11-12/h3-6,8,10-11H,2,7,9H2,1H3,(H2,16,17,18). The van der Waals surface area contributed by atoms with Gasteiger partial charge in [-0.15, -0.1) is 0 Å². The SMILES string of the molecule is CCOc1ccccc1NC(=O)NCCc1ccsc1. The van der Waals surface area contributed by atoms with E-state index in [1.807, 2.05) is 36.6 Å². The Morgan fingerprint density at radius 3 is 2.90 bits per heavy atom. The third-order valence-corrected chi connectivity index (χ3v) is 3.45. The average Bonchev–Trinajstić information content (AvgIpc) is 2.94. The first-order chi connectivity index (χ1) is 9.79. The number of hydrogen-bond acceptors (Lipinski definition) is 3. The summed E-state index contributed by atoms with van der Waals surface area (Å²) < 4.78 is 5.46. The quantitative estimate of drug-likeness (QED) is 0.855. The molecule has 0 radical (unpaired) electrons. The van der Waals surface area contributed by atoms with Crippen LogP contribution in [0, 0.1) is 0 Å². The Hall–Kier alpha value is -2.01. The lowest BCUT2D eigenvalue weighted by molar-refractivity contribution is 0.252. The van der Waals surface area contributed by atoms with Crippen molar-refractivity contribution in [1.82, 2.24) is 5.32 Å². The monoisotopic (exact) mass is 290 g/mol. The number of thiophene rings is 1. The lowest BCUT2D eigenvalue weighted by atomic mass is 10.2. The van der Waals surface area contributed by atoms with E-state index in [4.69, 9.17) is 4.74 Å². The molecule has 5 heteroatoms. The van der Waals surface area contributed by atoms with Crippen LogP contribution >= 0.6 is 11.3 Å². The molecule has 0 fully saturated rings. The van der Waals surface area contributed by atoms with Crippen LogP contribution in [0.3, 0.4) is 0 Å². The first-order valence-corrected chi connectivity index (χ1v) is 7.51. The minimum absolute atomic E-state index is 0.215. The van der Waals surface area contributed by atoms with E-state index in [9.17, 15) is 4.79 Å². The van der Waals surface area contributed by atoms with Gasteiger partial charge in [0.25, 0.3) is 0 Å². The first-order valence-electron chi connectivity index (χ1n) is 6.57. The molecule has 0 aliphatic rings. The Balaban J connectivity index is 1.82. The number of carbonyl (C=O) groups excluding carboxylic acids is 1. The van der Waals surface area contributed by atoms with Gasteiger partial charge in [0.1, 0.15) is 5.75 Å². The molecule has 1 heterocycles. The molecule has 0 atom stereocenters. The predicted molar refractivity (Wildman–Crippen MR) is 82.7 cm³/mol. The van der Waals surface area contributed by atoms with Crippen LogP contribution in [-0.4, -0.2) is 19.2 Å². The van der Waals surface area contributed by atoms with Gasteiger partial charge in [-0.25, -0.2) is 4.79 Å². The van der Waals surface area contributed by atoms with Gasteiger partial charge < -0.3 is 15.4 Å². The zero-order valence-electron chi connectivity index (χ0n) is 11.4. The largest absolute Gasteiger partial charge is 0.492 e. The first kappa shape index (κ1) is 14.4. The lowest BCUT2D eigenvalue weighted by Crippen LogP contribution is -2.30. The highest BCUT2D eigenvalue weighted by molar-refractivity contribution is 7.07. The van der Waals surface area contributed by atoms with Gasteiger partial charge in [0.15, 0.2) is 0 Å². The average molecular weight is 290 g/mol. The third-order valence-electron chi connectivity index (χ3n) is 2.71. The van der Waals surface area contributed by atoms with Crippen molar-refractivity contribution in [2.45, 2.75) is 13.3 Å². The summed E-state index contributed by atoms with van der Waals surface area (Å²) in [7, 11) is 0. The van der Waals surface area contributed by atoms with Crippen LogP contribution in [0.15, 0.2) is 41.1 Å². The maximum atomic E-state index is 11.8. The highest BCUT2D eigenvalue weighted by Gasteiger charge is 2.06. The molecule has 2 amide bonds. The zero-order chi connectivity index (χ0) is 14.2. The van der Waals surface area contributed by atoms with E-state index in [0.717, 1.165) is 6.42 Å². The van der Waals surface area contributed by atoms with Gasteiger partial charge in [0, 0.05) is 6.54 Å². The Labute approximate surface area is 122 Å². The van der Waals surface area contributed by atoms with E-state index in [1.165, 1.54) is 5.56 Å². The van der Waals surface area contributed by atoms with Crippen LogP contribution in [0.4, 0.5) is 10.5 Å². The van der Waals surface area contributed by atoms with Gasteiger partial charge in [-0.2, -0.15) is 11.3 Å². The number of carbonyl (C=O) groups is 1. The molecule has 0 aliphatic heterocycles. The molecule has 0 aliphatic carbocycles. The molecule has 2 rings (SSSR count). The van der Waals surface area contributed by atoms with Gasteiger partial charge in [-0.3, -0.25) is 0 Å². The fourth-order valence-electron chi connectivity index (χ4n) is 1.77. The van der Waals surface area contributed by atoms with E-state index < -0.39 is 0 Å². The fraction of sp³-hybridized carbons (Fsp3) is 0.267. The lowest BCUT2D eigenvalue weighted by Gasteiger charge is -2.11. The van der Waals surface area contributed by atoms with Crippen molar-refractivity contribution in [3.63, 3.8) is 0 Å². The van der Waals surface area contributed by atoms with Gasteiger partial charge >= 0.3 is 6.03 Å². The Morgan fingerprint density at radius 2 is 2.15 bits per heavy atom. The van der Waals surface area contributed by atoms with E-state index in [-0.39, 0.29) is 6.03 Å². The van der Waals surface area contributed by atoms with Crippen molar-refractivity contribution in [1.29, 1.82) is 0 Å². The smallest absolute Gasteiger partial charge is 0.319 e. The van der Waals surface area contributed by atoms with Gasteiger partial charge in [0.05, 0.1) is 12.3 Å². The minimum atomic E-state index is -0.215. The number of para-hydroxylation sites is 2. The number of nitrogens with one attached hydrogen (secondary N) is 2. The fourth-order valence-corrected chi connectivity index (χ4v) is 2.48. The van der Waals surface area contributed by atoms with Crippen LogP contribution in [0.5, 0.6) is 5.75 Å². The highest BCUT2D eigenvalue weighted by atomic mass is 32.1. The summed E-state index contributed by atoms with van der Waals surface area (Å²) in [5.41, 5.74) is 1.92. The molecule has 0 saturated heterocycles. The molecule has 1 aromatic carbocycles. The molecule has 0 saturated carbocycles. The summed E-state index contributed by atoms with van der Waals surface area (Å²) in [6, 6.07) is 9.25. The third kappa shape index (κ3) is 4.28. The second-order valence-electron chi connectivity index (χ2n) is 4.19. The van der Waals surface area contributed by atoms with Crippen molar-refractivity contribution in [3.05, 3.63) is 46.7 Å². The second kappa shape index (κ2) is 7.55. The number of benzene rings is 1. The molecule has 0 unspecified atom stereocenters. The summed E-state index contributed by atoms with van der Waals surface area (Å²) in [4.78, 5) is 11.8. The summed E-state index contributed by atoms with van der Waals surface area (Å²) in [6.45, 7) is 3.09. The minimum Gasteiger partial charge on any atom is -0.492 e. The van der Waals surface area contributed by atoms with Gasteiger partial charge in [-0.05, 0) is 47.9 Å². The van der Waals surface area contributed by atoms with Gasteiger partial charge in [0.2, 0.25) is 0 Å². The van der Waals surface area contributed by atoms with Crippen molar-refractivity contribution in [3.8, 4) is 5.75 Å². The number of rotatable bonds is 6. The van der Waals surface area contributed by atoms with Crippen molar-refractivity contribution >= 4 is 23.1 Å². The summed E-state index contributed by atoms with van der Waals surface area (Å²) >= 11 is 1.66. The maximum absolute atomic E-state index is 11.8. The van der Waals surface area contributed by atoms with Crippen LogP contribution in [-0.2, 0) is 6.42 Å². The van der Waals surface area contributed by atoms with E-state index in [0.29, 0.717) is 24.6 Å². The van der Waals surface area contributed by atoms with Crippen molar-refractivity contribution < 1.29 is 9.53 Å². The normalized spacial score (nSPS) is 10.1. The molecule has 2 aromatic rings.